The topological polar surface area (TPSA) is 41.7 Å². The van der Waals surface area contributed by atoms with Gasteiger partial charge in [-0.25, -0.2) is 0 Å². The van der Waals surface area contributed by atoms with Crippen molar-refractivity contribution in [3.05, 3.63) is 0 Å². The Morgan fingerprint density at radius 2 is 2.06 bits per heavy atom. The van der Waals surface area contributed by atoms with Gasteiger partial charge < -0.3 is 10.5 Å². The van der Waals surface area contributed by atoms with Crippen molar-refractivity contribution in [1.82, 2.24) is 9.80 Å². The van der Waals surface area contributed by atoms with Crippen LogP contribution in [0.25, 0.3) is 0 Å². The lowest BCUT2D eigenvalue weighted by Gasteiger charge is -2.29. The summed E-state index contributed by atoms with van der Waals surface area (Å²) < 4.78 is 5.43. The maximum absolute atomic E-state index is 6.36. The fourth-order valence-electron chi connectivity index (χ4n) is 3.55. The molecule has 2 unspecified atom stereocenters. The molecule has 17 heavy (non-hydrogen) atoms. The van der Waals surface area contributed by atoms with Crippen LogP contribution < -0.4 is 5.73 Å². The van der Waals surface area contributed by atoms with Crippen molar-refractivity contribution >= 4 is 0 Å². The van der Waals surface area contributed by atoms with Crippen LogP contribution in [0, 0.1) is 0 Å². The molecule has 4 heteroatoms. The first kappa shape index (κ1) is 11.9. The number of rotatable bonds is 3. The van der Waals surface area contributed by atoms with E-state index in [9.17, 15) is 0 Å². The number of hydrogen-bond acceptors (Lipinski definition) is 4. The lowest BCUT2D eigenvalue weighted by atomic mass is 10.00. The van der Waals surface area contributed by atoms with Gasteiger partial charge >= 0.3 is 0 Å². The van der Waals surface area contributed by atoms with E-state index >= 15 is 0 Å². The second-order valence-electron chi connectivity index (χ2n) is 6.09. The summed E-state index contributed by atoms with van der Waals surface area (Å²) in [6.07, 6.45) is 5.14. The van der Waals surface area contributed by atoms with Crippen LogP contribution in [0.15, 0.2) is 0 Å². The lowest BCUT2D eigenvalue weighted by Crippen LogP contribution is -2.50. The van der Waals surface area contributed by atoms with E-state index in [1.54, 1.807) is 0 Å². The first-order chi connectivity index (χ1) is 8.25. The Morgan fingerprint density at radius 3 is 2.76 bits per heavy atom. The minimum atomic E-state index is -0.0695. The molecule has 98 valence electrons. The molecular weight excluding hydrogens is 214 g/mol. The van der Waals surface area contributed by atoms with E-state index in [1.165, 1.54) is 45.4 Å². The van der Waals surface area contributed by atoms with Crippen LogP contribution in [-0.4, -0.2) is 67.3 Å². The van der Waals surface area contributed by atoms with Gasteiger partial charge in [0, 0.05) is 25.7 Å². The summed E-state index contributed by atoms with van der Waals surface area (Å²) in [6.45, 7) is 7.69. The molecule has 0 aromatic rings. The molecule has 3 aliphatic heterocycles. The van der Waals surface area contributed by atoms with Crippen molar-refractivity contribution in [3.8, 4) is 0 Å². The van der Waals surface area contributed by atoms with Crippen LogP contribution in [0.4, 0.5) is 0 Å². The summed E-state index contributed by atoms with van der Waals surface area (Å²) in [5.74, 6) is 0. The molecule has 3 saturated heterocycles. The van der Waals surface area contributed by atoms with Crippen LogP contribution in [-0.2, 0) is 4.74 Å². The van der Waals surface area contributed by atoms with Crippen LogP contribution in [0.5, 0.6) is 0 Å². The van der Waals surface area contributed by atoms with Gasteiger partial charge in [0.25, 0.3) is 0 Å². The zero-order valence-corrected chi connectivity index (χ0v) is 10.7. The van der Waals surface area contributed by atoms with Gasteiger partial charge in [0.2, 0.25) is 0 Å². The number of hydrogen-bond donors (Lipinski definition) is 1. The van der Waals surface area contributed by atoms with Gasteiger partial charge in [-0.2, -0.15) is 0 Å². The number of ether oxygens (including phenoxy) is 1. The molecule has 2 N–H and O–H groups in total. The van der Waals surface area contributed by atoms with E-state index in [-0.39, 0.29) is 5.54 Å². The van der Waals surface area contributed by atoms with Gasteiger partial charge in [0.1, 0.15) is 0 Å². The van der Waals surface area contributed by atoms with Crippen LogP contribution in [0.1, 0.15) is 25.7 Å². The second kappa shape index (κ2) is 4.84. The summed E-state index contributed by atoms with van der Waals surface area (Å²) in [5, 5.41) is 0. The van der Waals surface area contributed by atoms with Crippen LogP contribution in [0.3, 0.4) is 0 Å². The molecule has 3 heterocycles. The standard InChI is InChI=1S/C13H25N3O/c14-13(4-8-17-11-13)10-15-7-3-12(9-15)16-5-1-2-6-16/h12H,1-11,14H2. The average Bonchev–Trinajstić information content (AvgIpc) is 2.98. The second-order valence-corrected chi connectivity index (χ2v) is 6.09. The van der Waals surface area contributed by atoms with Crippen LogP contribution >= 0.6 is 0 Å². The highest BCUT2D eigenvalue weighted by molar-refractivity contribution is 4.94. The van der Waals surface area contributed by atoms with Gasteiger partial charge in [0.05, 0.1) is 12.1 Å². The molecule has 0 aromatic heterocycles. The first-order valence-electron chi connectivity index (χ1n) is 7.08. The molecular formula is C13H25N3O. The SMILES string of the molecule is NC1(CN2CCC(N3CCCC3)C2)CCOC1. The zero-order valence-electron chi connectivity index (χ0n) is 10.7. The third-order valence-electron chi connectivity index (χ3n) is 4.58. The molecule has 3 fully saturated rings. The van der Waals surface area contributed by atoms with Crippen molar-refractivity contribution in [2.24, 2.45) is 5.73 Å². The number of nitrogens with zero attached hydrogens (tertiary/aromatic N) is 2. The summed E-state index contributed by atoms with van der Waals surface area (Å²) in [4.78, 5) is 5.23. The Morgan fingerprint density at radius 1 is 1.24 bits per heavy atom. The van der Waals surface area contributed by atoms with Crippen molar-refractivity contribution < 1.29 is 4.74 Å². The Balaban J connectivity index is 1.50. The van der Waals surface area contributed by atoms with Crippen LogP contribution in [0.2, 0.25) is 0 Å². The highest BCUT2D eigenvalue weighted by Gasteiger charge is 2.36. The molecule has 0 radical (unpaired) electrons. The van der Waals surface area contributed by atoms with Crippen molar-refractivity contribution in [1.29, 1.82) is 0 Å². The van der Waals surface area contributed by atoms with E-state index in [0.29, 0.717) is 0 Å². The molecule has 0 saturated carbocycles. The van der Waals surface area contributed by atoms with Crippen molar-refractivity contribution in [2.45, 2.75) is 37.3 Å². The third kappa shape index (κ3) is 2.65. The maximum Gasteiger partial charge on any atom is 0.0659 e. The molecule has 4 nitrogen and oxygen atoms in total. The Hall–Kier alpha value is -0.160. The summed E-state index contributed by atoms with van der Waals surface area (Å²) in [6, 6.07) is 0.795. The fourth-order valence-corrected chi connectivity index (χ4v) is 3.55. The van der Waals surface area contributed by atoms with E-state index < -0.39 is 0 Å². The van der Waals surface area contributed by atoms with E-state index in [0.717, 1.165) is 32.2 Å². The van der Waals surface area contributed by atoms with E-state index in [4.69, 9.17) is 10.5 Å². The minimum absolute atomic E-state index is 0.0695. The molecule has 0 bridgehead atoms. The molecule has 2 atom stereocenters. The predicted octanol–water partition coefficient (Wildman–Crippen LogP) is 0.274. The first-order valence-corrected chi connectivity index (χ1v) is 7.08. The molecule has 3 aliphatic rings. The lowest BCUT2D eigenvalue weighted by molar-refractivity contribution is 0.156. The monoisotopic (exact) mass is 239 g/mol. The third-order valence-corrected chi connectivity index (χ3v) is 4.58. The van der Waals surface area contributed by atoms with Gasteiger partial charge in [-0.15, -0.1) is 0 Å². The van der Waals surface area contributed by atoms with Crippen molar-refractivity contribution in [3.63, 3.8) is 0 Å². The minimum Gasteiger partial charge on any atom is -0.379 e. The summed E-state index contributed by atoms with van der Waals surface area (Å²) in [5.41, 5.74) is 6.29. The Bertz CT molecular complexity index is 259. The van der Waals surface area contributed by atoms with Gasteiger partial charge in [-0.05, 0) is 45.3 Å². The summed E-state index contributed by atoms with van der Waals surface area (Å²) >= 11 is 0. The predicted molar refractivity (Wildman–Crippen MR) is 68.0 cm³/mol. The maximum atomic E-state index is 6.36. The fraction of sp³-hybridized carbons (Fsp3) is 1.00. The zero-order chi connectivity index (χ0) is 11.7. The largest absolute Gasteiger partial charge is 0.379 e. The van der Waals surface area contributed by atoms with Gasteiger partial charge in [-0.1, -0.05) is 0 Å². The van der Waals surface area contributed by atoms with Crippen molar-refractivity contribution in [2.75, 3.05) is 45.9 Å². The molecule has 3 rings (SSSR count). The summed E-state index contributed by atoms with van der Waals surface area (Å²) in [7, 11) is 0. The molecule has 0 spiro atoms. The van der Waals surface area contributed by atoms with E-state index in [2.05, 4.69) is 9.80 Å². The average molecular weight is 239 g/mol. The Kier molecular flexibility index (Phi) is 3.39. The highest BCUT2D eigenvalue weighted by Crippen LogP contribution is 2.23. The van der Waals surface area contributed by atoms with Gasteiger partial charge in [0.15, 0.2) is 0 Å². The number of nitrogens with two attached hydrogens (primary N) is 1. The normalized spacial score (nSPS) is 40.4. The number of likely N-dealkylation sites (tertiary alicyclic amines) is 2. The Labute approximate surface area is 104 Å². The smallest absolute Gasteiger partial charge is 0.0659 e. The quantitative estimate of drug-likeness (QED) is 0.768. The highest BCUT2D eigenvalue weighted by atomic mass is 16.5. The van der Waals surface area contributed by atoms with E-state index in [1.807, 2.05) is 0 Å². The molecule has 0 amide bonds. The molecule has 0 aromatic carbocycles. The van der Waals surface area contributed by atoms with Gasteiger partial charge in [-0.3, -0.25) is 9.80 Å². The molecule has 0 aliphatic carbocycles.